The van der Waals surface area contributed by atoms with Crippen LogP contribution in [-0.4, -0.2) is 46.2 Å². The minimum Gasteiger partial charge on any atom is -0.471 e. The molecule has 1 aromatic rings. The van der Waals surface area contributed by atoms with Crippen LogP contribution in [0.4, 0.5) is 0 Å². The molecule has 0 N–H and O–H groups in total. The van der Waals surface area contributed by atoms with Crippen molar-refractivity contribution in [1.29, 1.82) is 0 Å². The predicted molar refractivity (Wildman–Crippen MR) is 96.6 cm³/mol. The molecule has 3 fully saturated rings. The van der Waals surface area contributed by atoms with E-state index < -0.39 is 12.0 Å². The van der Waals surface area contributed by atoms with Crippen molar-refractivity contribution in [1.82, 2.24) is 4.90 Å². The van der Waals surface area contributed by atoms with Crippen LogP contribution in [0.2, 0.25) is 0 Å². The van der Waals surface area contributed by atoms with Crippen LogP contribution in [0.25, 0.3) is 0 Å². The Labute approximate surface area is 159 Å². The lowest BCUT2D eigenvalue weighted by atomic mass is 10.0. The standard InChI is InChI=1S/C18H18INO5/c19-8-13-6-12(10-23-13)17-16(20-14(21)7-15(20)25-17)18(22)24-9-11-4-2-1-3-5-11/h1-5,13,15-16H,6-10H2/b17-12+/t13?,15-,16?/m1/s1. The Morgan fingerprint density at radius 2 is 2.08 bits per heavy atom. The maximum absolute atomic E-state index is 12.7. The fraction of sp³-hybridized carbons (Fsp3) is 0.444. The molecule has 0 aliphatic carbocycles. The van der Waals surface area contributed by atoms with Gasteiger partial charge in [-0.05, 0) is 11.1 Å². The average Bonchev–Trinajstić information content (AvgIpc) is 3.22. The first kappa shape index (κ1) is 16.8. The van der Waals surface area contributed by atoms with Crippen LogP contribution < -0.4 is 0 Å². The molecule has 1 aromatic carbocycles. The Morgan fingerprint density at radius 3 is 2.76 bits per heavy atom. The van der Waals surface area contributed by atoms with Crippen molar-refractivity contribution in [3.8, 4) is 0 Å². The predicted octanol–water partition coefficient (Wildman–Crippen LogP) is 2.17. The number of esters is 1. The molecule has 2 unspecified atom stereocenters. The van der Waals surface area contributed by atoms with E-state index in [9.17, 15) is 9.59 Å². The van der Waals surface area contributed by atoms with Crippen LogP contribution in [0, 0.1) is 0 Å². The second-order valence-corrected chi connectivity index (χ2v) is 7.21. The number of carbonyl (C=O) groups excluding carboxylic acids is 2. The Hall–Kier alpha value is -1.61. The molecule has 3 aliphatic heterocycles. The largest absolute Gasteiger partial charge is 0.471 e. The van der Waals surface area contributed by atoms with Crippen molar-refractivity contribution in [2.45, 2.75) is 37.8 Å². The molecule has 6 nitrogen and oxygen atoms in total. The molecule has 3 heterocycles. The monoisotopic (exact) mass is 455 g/mol. The summed E-state index contributed by atoms with van der Waals surface area (Å²) < 4.78 is 17.9. The Balaban J connectivity index is 1.53. The number of fused-ring (bicyclic) bond motifs is 1. The van der Waals surface area contributed by atoms with Gasteiger partial charge in [0, 0.05) is 10.8 Å². The molecule has 0 spiro atoms. The summed E-state index contributed by atoms with van der Waals surface area (Å²) >= 11 is 2.28. The SMILES string of the molecule is O=C(OCc1ccccc1)C1/C(=C2\COC(CI)C2)O[C@@H]2CC(=O)N12. The van der Waals surface area contributed by atoms with E-state index in [1.54, 1.807) is 0 Å². The third-order valence-electron chi connectivity index (χ3n) is 4.67. The number of β-lactam (4-membered cyclic amide) rings is 1. The highest BCUT2D eigenvalue weighted by molar-refractivity contribution is 14.1. The summed E-state index contributed by atoms with van der Waals surface area (Å²) in [4.78, 5) is 26.2. The highest BCUT2D eigenvalue weighted by atomic mass is 127. The summed E-state index contributed by atoms with van der Waals surface area (Å²) in [6.07, 6.45) is 0.838. The Bertz CT molecular complexity index is 719. The molecule has 132 valence electrons. The minimum atomic E-state index is -0.776. The summed E-state index contributed by atoms with van der Waals surface area (Å²) in [5.41, 5.74) is 1.87. The molecule has 25 heavy (non-hydrogen) atoms. The van der Waals surface area contributed by atoms with E-state index in [2.05, 4.69) is 22.6 Å². The van der Waals surface area contributed by atoms with Gasteiger partial charge in [-0.25, -0.2) is 4.79 Å². The molecule has 0 aromatic heterocycles. The number of amides is 1. The van der Waals surface area contributed by atoms with Crippen LogP contribution in [0.1, 0.15) is 18.4 Å². The van der Waals surface area contributed by atoms with Crippen molar-refractivity contribution in [3.63, 3.8) is 0 Å². The van der Waals surface area contributed by atoms with E-state index in [1.165, 1.54) is 4.90 Å². The number of hydrogen-bond acceptors (Lipinski definition) is 5. The first-order valence-electron chi connectivity index (χ1n) is 8.25. The first-order valence-corrected chi connectivity index (χ1v) is 9.78. The van der Waals surface area contributed by atoms with E-state index in [1.807, 2.05) is 30.3 Å². The van der Waals surface area contributed by atoms with Crippen molar-refractivity contribution < 1.29 is 23.8 Å². The summed E-state index contributed by atoms with van der Waals surface area (Å²) in [5, 5.41) is 0. The zero-order chi connectivity index (χ0) is 17.4. The lowest BCUT2D eigenvalue weighted by molar-refractivity contribution is -0.166. The smallest absolute Gasteiger partial charge is 0.337 e. The Morgan fingerprint density at radius 1 is 1.28 bits per heavy atom. The van der Waals surface area contributed by atoms with E-state index in [0.29, 0.717) is 18.8 Å². The maximum atomic E-state index is 12.7. The highest BCUT2D eigenvalue weighted by Gasteiger charge is 2.55. The van der Waals surface area contributed by atoms with Crippen molar-refractivity contribution in [3.05, 3.63) is 47.2 Å². The van der Waals surface area contributed by atoms with Gasteiger partial charge in [0.1, 0.15) is 12.4 Å². The van der Waals surface area contributed by atoms with E-state index in [-0.39, 0.29) is 24.8 Å². The van der Waals surface area contributed by atoms with Gasteiger partial charge in [0.05, 0.1) is 19.1 Å². The van der Waals surface area contributed by atoms with Crippen LogP contribution in [0.3, 0.4) is 0 Å². The number of benzene rings is 1. The number of alkyl halides is 1. The van der Waals surface area contributed by atoms with Gasteiger partial charge in [0.15, 0.2) is 12.3 Å². The van der Waals surface area contributed by atoms with Crippen LogP contribution >= 0.6 is 22.6 Å². The normalized spacial score (nSPS) is 30.7. The fourth-order valence-corrected chi connectivity index (χ4v) is 3.90. The van der Waals surface area contributed by atoms with Gasteiger partial charge in [-0.3, -0.25) is 9.69 Å². The van der Waals surface area contributed by atoms with Crippen molar-refractivity contribution in [2.75, 3.05) is 11.0 Å². The van der Waals surface area contributed by atoms with E-state index in [0.717, 1.165) is 22.0 Å². The summed E-state index contributed by atoms with van der Waals surface area (Å²) in [7, 11) is 0. The molecular weight excluding hydrogens is 437 g/mol. The topological polar surface area (TPSA) is 65.1 Å². The van der Waals surface area contributed by atoms with Gasteiger partial charge >= 0.3 is 5.97 Å². The van der Waals surface area contributed by atoms with E-state index >= 15 is 0 Å². The summed E-state index contributed by atoms with van der Waals surface area (Å²) in [5.74, 6) is 0.0349. The number of halogens is 1. The minimum absolute atomic E-state index is 0.0772. The number of ether oxygens (including phenoxy) is 3. The third-order valence-corrected chi connectivity index (χ3v) is 5.65. The van der Waals surface area contributed by atoms with Crippen LogP contribution in [0.5, 0.6) is 0 Å². The highest BCUT2D eigenvalue weighted by Crippen LogP contribution is 2.40. The molecule has 3 aliphatic rings. The maximum Gasteiger partial charge on any atom is 0.337 e. The number of carbonyl (C=O) groups is 2. The van der Waals surface area contributed by atoms with Crippen LogP contribution in [0.15, 0.2) is 41.7 Å². The number of hydrogen-bond donors (Lipinski definition) is 0. The number of nitrogens with zero attached hydrogens (tertiary/aromatic N) is 1. The van der Waals surface area contributed by atoms with Gasteiger partial charge in [-0.15, -0.1) is 0 Å². The Kier molecular flexibility index (Phi) is 4.68. The second kappa shape index (κ2) is 6.95. The molecule has 0 saturated carbocycles. The molecule has 3 saturated heterocycles. The quantitative estimate of drug-likeness (QED) is 0.302. The molecule has 3 atom stereocenters. The first-order chi connectivity index (χ1) is 12.2. The van der Waals surface area contributed by atoms with Gasteiger partial charge < -0.3 is 14.2 Å². The summed E-state index contributed by atoms with van der Waals surface area (Å²) in [6, 6.07) is 8.71. The third kappa shape index (κ3) is 3.15. The molecule has 0 radical (unpaired) electrons. The molecular formula is C18H18INO5. The lowest BCUT2D eigenvalue weighted by Gasteiger charge is -2.33. The van der Waals surface area contributed by atoms with Gasteiger partial charge in [-0.1, -0.05) is 52.9 Å². The zero-order valence-corrected chi connectivity index (χ0v) is 15.7. The summed E-state index contributed by atoms with van der Waals surface area (Å²) in [6.45, 7) is 0.624. The fourth-order valence-electron chi connectivity index (χ4n) is 3.33. The molecule has 0 bridgehead atoms. The van der Waals surface area contributed by atoms with Gasteiger partial charge in [0.25, 0.3) is 0 Å². The van der Waals surface area contributed by atoms with Crippen molar-refractivity contribution in [2.24, 2.45) is 0 Å². The lowest BCUT2D eigenvalue weighted by Crippen LogP contribution is -2.55. The van der Waals surface area contributed by atoms with E-state index in [4.69, 9.17) is 14.2 Å². The van der Waals surface area contributed by atoms with Gasteiger partial charge in [-0.2, -0.15) is 0 Å². The van der Waals surface area contributed by atoms with Crippen LogP contribution in [-0.2, 0) is 30.4 Å². The van der Waals surface area contributed by atoms with Gasteiger partial charge in [0.2, 0.25) is 5.91 Å². The zero-order valence-electron chi connectivity index (χ0n) is 13.5. The van der Waals surface area contributed by atoms with Crippen molar-refractivity contribution >= 4 is 34.5 Å². The number of rotatable bonds is 4. The molecule has 7 heteroatoms. The average molecular weight is 455 g/mol. The molecule has 1 amide bonds. The molecule has 4 rings (SSSR count). The second-order valence-electron chi connectivity index (χ2n) is 6.33.